The minimum Gasteiger partial charge on any atom is -0.462 e. The molecule has 0 atom stereocenters. The summed E-state index contributed by atoms with van der Waals surface area (Å²) in [6, 6.07) is 5.20. The Bertz CT molecular complexity index is 447. The topological polar surface area (TPSA) is 73.6 Å². The standard InChI is InChI=1S/C16H26N2O3/c1-4-21-16(19)13-6-5-7-14(17)15(13)18-9-11-20-10-8-12(2)3/h5-7,12,18H,4,8-11,17H2,1-3H3. The van der Waals surface area contributed by atoms with Gasteiger partial charge >= 0.3 is 5.97 Å². The largest absolute Gasteiger partial charge is 0.462 e. The summed E-state index contributed by atoms with van der Waals surface area (Å²) in [7, 11) is 0. The third-order valence-corrected chi connectivity index (χ3v) is 2.98. The van der Waals surface area contributed by atoms with Gasteiger partial charge in [-0.15, -0.1) is 0 Å². The molecule has 1 rings (SSSR count). The SMILES string of the molecule is CCOC(=O)c1cccc(N)c1NCCOCCC(C)C. The number of rotatable bonds is 9. The number of anilines is 2. The molecule has 0 unspecified atom stereocenters. The van der Waals surface area contributed by atoms with Gasteiger partial charge in [0, 0.05) is 13.2 Å². The van der Waals surface area contributed by atoms with Gasteiger partial charge in [0.1, 0.15) is 0 Å². The van der Waals surface area contributed by atoms with E-state index in [1.54, 1.807) is 25.1 Å². The molecule has 0 saturated carbocycles. The van der Waals surface area contributed by atoms with Crippen LogP contribution in [0.4, 0.5) is 11.4 Å². The number of nitrogens with one attached hydrogen (secondary N) is 1. The summed E-state index contributed by atoms with van der Waals surface area (Å²) >= 11 is 0. The highest BCUT2D eigenvalue weighted by Crippen LogP contribution is 2.24. The minimum absolute atomic E-state index is 0.339. The molecule has 0 aliphatic rings. The molecule has 118 valence electrons. The van der Waals surface area contributed by atoms with E-state index >= 15 is 0 Å². The van der Waals surface area contributed by atoms with Crippen molar-refractivity contribution in [3.05, 3.63) is 23.8 Å². The van der Waals surface area contributed by atoms with Crippen LogP contribution in [0.5, 0.6) is 0 Å². The van der Waals surface area contributed by atoms with Gasteiger partial charge in [0.15, 0.2) is 0 Å². The number of para-hydroxylation sites is 1. The van der Waals surface area contributed by atoms with Gasteiger partial charge in [-0.1, -0.05) is 19.9 Å². The summed E-state index contributed by atoms with van der Waals surface area (Å²) in [5.41, 5.74) is 7.53. The average Bonchev–Trinajstić information content (AvgIpc) is 2.43. The summed E-state index contributed by atoms with van der Waals surface area (Å²) in [5.74, 6) is 0.270. The monoisotopic (exact) mass is 294 g/mol. The van der Waals surface area contributed by atoms with E-state index in [9.17, 15) is 4.79 Å². The van der Waals surface area contributed by atoms with Crippen LogP contribution < -0.4 is 11.1 Å². The normalized spacial score (nSPS) is 10.7. The molecular weight excluding hydrogens is 268 g/mol. The number of carbonyl (C=O) groups is 1. The molecule has 1 aromatic carbocycles. The third-order valence-electron chi connectivity index (χ3n) is 2.98. The van der Waals surface area contributed by atoms with Gasteiger partial charge in [-0.25, -0.2) is 4.79 Å². The first-order chi connectivity index (χ1) is 10.1. The first kappa shape index (κ1) is 17.3. The molecule has 5 heteroatoms. The zero-order chi connectivity index (χ0) is 15.7. The second-order valence-corrected chi connectivity index (χ2v) is 5.21. The van der Waals surface area contributed by atoms with Crippen LogP contribution in [0.25, 0.3) is 0 Å². The van der Waals surface area contributed by atoms with E-state index in [4.69, 9.17) is 15.2 Å². The van der Waals surface area contributed by atoms with E-state index in [-0.39, 0.29) is 5.97 Å². The maximum atomic E-state index is 11.9. The molecule has 1 aromatic rings. The van der Waals surface area contributed by atoms with Gasteiger partial charge in [-0.05, 0) is 31.4 Å². The van der Waals surface area contributed by atoms with E-state index in [1.807, 2.05) is 0 Å². The van der Waals surface area contributed by atoms with E-state index in [2.05, 4.69) is 19.2 Å². The Kier molecular flexibility index (Phi) is 7.61. The van der Waals surface area contributed by atoms with E-state index in [1.165, 1.54) is 0 Å². The summed E-state index contributed by atoms with van der Waals surface area (Å²) in [5, 5.41) is 3.16. The molecule has 0 aliphatic carbocycles. The first-order valence-corrected chi connectivity index (χ1v) is 7.43. The van der Waals surface area contributed by atoms with E-state index in [0.29, 0.717) is 42.6 Å². The lowest BCUT2D eigenvalue weighted by atomic mass is 10.1. The number of hydrogen-bond donors (Lipinski definition) is 2. The highest BCUT2D eigenvalue weighted by Gasteiger charge is 2.14. The zero-order valence-corrected chi connectivity index (χ0v) is 13.1. The molecule has 0 fully saturated rings. The quantitative estimate of drug-likeness (QED) is 0.416. The molecule has 0 aliphatic heterocycles. The molecule has 3 N–H and O–H groups in total. The fraction of sp³-hybridized carbons (Fsp3) is 0.562. The fourth-order valence-corrected chi connectivity index (χ4v) is 1.82. The molecule has 0 bridgehead atoms. The maximum Gasteiger partial charge on any atom is 0.340 e. The Morgan fingerprint density at radius 3 is 2.76 bits per heavy atom. The van der Waals surface area contributed by atoms with Crippen LogP contribution in [0.2, 0.25) is 0 Å². The summed E-state index contributed by atoms with van der Waals surface area (Å²) in [4.78, 5) is 11.9. The second-order valence-electron chi connectivity index (χ2n) is 5.21. The number of nitrogen functional groups attached to an aromatic ring is 1. The molecular formula is C16H26N2O3. The number of benzene rings is 1. The van der Waals surface area contributed by atoms with Crippen LogP contribution >= 0.6 is 0 Å². The maximum absolute atomic E-state index is 11.9. The van der Waals surface area contributed by atoms with Crippen molar-refractivity contribution >= 4 is 17.3 Å². The number of nitrogens with two attached hydrogens (primary N) is 1. The van der Waals surface area contributed by atoms with Gasteiger partial charge in [0.25, 0.3) is 0 Å². The molecule has 0 radical (unpaired) electrons. The Labute approximate surface area is 126 Å². The zero-order valence-electron chi connectivity index (χ0n) is 13.1. The van der Waals surface area contributed by atoms with Crippen molar-refractivity contribution in [3.63, 3.8) is 0 Å². The highest BCUT2D eigenvalue weighted by molar-refractivity contribution is 5.98. The molecule has 0 aromatic heterocycles. The number of hydrogen-bond acceptors (Lipinski definition) is 5. The Morgan fingerprint density at radius 1 is 1.33 bits per heavy atom. The summed E-state index contributed by atoms with van der Waals surface area (Å²) in [6.07, 6.45) is 1.04. The van der Waals surface area contributed by atoms with Crippen LogP contribution in [0.15, 0.2) is 18.2 Å². The summed E-state index contributed by atoms with van der Waals surface area (Å²) < 4.78 is 10.6. The van der Waals surface area contributed by atoms with Crippen molar-refractivity contribution in [3.8, 4) is 0 Å². The smallest absolute Gasteiger partial charge is 0.340 e. The Morgan fingerprint density at radius 2 is 2.10 bits per heavy atom. The van der Waals surface area contributed by atoms with Gasteiger partial charge in [0.05, 0.1) is 30.2 Å². The van der Waals surface area contributed by atoms with Gasteiger partial charge < -0.3 is 20.5 Å². The van der Waals surface area contributed by atoms with E-state index < -0.39 is 0 Å². The number of carbonyl (C=O) groups excluding carboxylic acids is 1. The van der Waals surface area contributed by atoms with E-state index in [0.717, 1.165) is 13.0 Å². The van der Waals surface area contributed by atoms with Crippen LogP contribution in [-0.2, 0) is 9.47 Å². The van der Waals surface area contributed by atoms with Crippen molar-refractivity contribution in [2.75, 3.05) is 37.4 Å². The fourth-order valence-electron chi connectivity index (χ4n) is 1.82. The Balaban J connectivity index is 2.52. The highest BCUT2D eigenvalue weighted by atomic mass is 16.5. The van der Waals surface area contributed by atoms with Crippen molar-refractivity contribution in [2.45, 2.75) is 27.2 Å². The predicted molar refractivity (Wildman–Crippen MR) is 85.6 cm³/mol. The van der Waals surface area contributed by atoms with Gasteiger partial charge in [0.2, 0.25) is 0 Å². The van der Waals surface area contributed by atoms with Crippen molar-refractivity contribution < 1.29 is 14.3 Å². The first-order valence-electron chi connectivity index (χ1n) is 7.43. The lowest BCUT2D eigenvalue weighted by molar-refractivity contribution is 0.0527. The van der Waals surface area contributed by atoms with Gasteiger partial charge in [-0.2, -0.15) is 0 Å². The van der Waals surface area contributed by atoms with Crippen LogP contribution in [0.3, 0.4) is 0 Å². The number of ether oxygens (including phenoxy) is 2. The number of esters is 1. The van der Waals surface area contributed by atoms with Crippen molar-refractivity contribution in [1.82, 2.24) is 0 Å². The molecule has 21 heavy (non-hydrogen) atoms. The van der Waals surface area contributed by atoms with Crippen LogP contribution in [0.1, 0.15) is 37.6 Å². The lowest BCUT2D eigenvalue weighted by Crippen LogP contribution is -2.15. The van der Waals surface area contributed by atoms with Crippen molar-refractivity contribution in [1.29, 1.82) is 0 Å². The van der Waals surface area contributed by atoms with Crippen LogP contribution in [0, 0.1) is 5.92 Å². The minimum atomic E-state index is -0.368. The molecule has 0 saturated heterocycles. The average molecular weight is 294 g/mol. The van der Waals surface area contributed by atoms with Crippen molar-refractivity contribution in [2.24, 2.45) is 5.92 Å². The predicted octanol–water partition coefficient (Wildman–Crippen LogP) is 2.92. The lowest BCUT2D eigenvalue weighted by Gasteiger charge is -2.14. The molecule has 5 nitrogen and oxygen atoms in total. The summed E-state index contributed by atoms with van der Waals surface area (Å²) in [6.45, 7) is 8.36. The Hall–Kier alpha value is -1.75. The van der Waals surface area contributed by atoms with Gasteiger partial charge in [-0.3, -0.25) is 0 Å². The third kappa shape index (κ3) is 6.04. The molecule has 0 spiro atoms. The van der Waals surface area contributed by atoms with Crippen LogP contribution in [-0.4, -0.2) is 32.3 Å². The molecule has 0 amide bonds. The second kappa shape index (κ2) is 9.23. The molecule has 0 heterocycles.